The summed E-state index contributed by atoms with van der Waals surface area (Å²) < 4.78 is 62.4. The first kappa shape index (κ1) is 19.8. The first-order chi connectivity index (χ1) is 12.2. The normalized spacial score (nSPS) is 12.7. The number of sulfonamides is 1. The van der Waals surface area contributed by atoms with Gasteiger partial charge in [-0.2, -0.15) is 26.7 Å². The van der Waals surface area contributed by atoms with E-state index in [-0.39, 0.29) is 11.3 Å². The van der Waals surface area contributed by atoms with Gasteiger partial charge < -0.3 is 0 Å². The Morgan fingerprint density at radius 2 is 1.65 bits per heavy atom. The fourth-order valence-corrected chi connectivity index (χ4v) is 2.82. The smallest absolute Gasteiger partial charge is 0.275 e. The Hall–Kier alpha value is -2.55. The number of nitrogens with zero attached hydrogens (tertiary/aromatic N) is 2. The van der Waals surface area contributed by atoms with Crippen molar-refractivity contribution in [2.24, 2.45) is 5.10 Å². The standard InChI is InChI=1S/C17H18F3N3O2S/c1-3-23(14-9-5-4-6-10-14)21-13(2)15-11-7-8-12-16(15)22-26(24,25)17(18,19)20/h4-12,22H,3H2,1-2H3/b21-13+. The van der Waals surface area contributed by atoms with E-state index in [1.165, 1.54) is 18.2 Å². The number of nitrogens with one attached hydrogen (secondary N) is 1. The Morgan fingerprint density at radius 3 is 2.23 bits per heavy atom. The highest BCUT2D eigenvalue weighted by molar-refractivity contribution is 7.93. The molecule has 1 N–H and O–H groups in total. The van der Waals surface area contributed by atoms with Crippen molar-refractivity contribution < 1.29 is 21.6 Å². The fraction of sp³-hybridized carbons (Fsp3) is 0.235. The molecule has 26 heavy (non-hydrogen) atoms. The number of alkyl halides is 3. The Labute approximate surface area is 150 Å². The van der Waals surface area contributed by atoms with Crippen LogP contribution in [0.2, 0.25) is 0 Å². The lowest BCUT2D eigenvalue weighted by atomic mass is 10.1. The van der Waals surface area contributed by atoms with Gasteiger partial charge in [-0.15, -0.1) is 0 Å². The van der Waals surface area contributed by atoms with Crippen molar-refractivity contribution >= 4 is 27.1 Å². The van der Waals surface area contributed by atoms with E-state index in [2.05, 4.69) is 5.10 Å². The van der Waals surface area contributed by atoms with Gasteiger partial charge in [-0.05, 0) is 32.0 Å². The third-order valence-electron chi connectivity index (χ3n) is 3.49. The van der Waals surface area contributed by atoms with Crippen molar-refractivity contribution in [1.29, 1.82) is 0 Å². The molecule has 2 aromatic carbocycles. The van der Waals surface area contributed by atoms with Gasteiger partial charge in [-0.3, -0.25) is 9.73 Å². The van der Waals surface area contributed by atoms with Crippen molar-refractivity contribution in [3.63, 3.8) is 0 Å². The van der Waals surface area contributed by atoms with Crippen LogP contribution in [0, 0.1) is 0 Å². The molecule has 0 spiro atoms. The van der Waals surface area contributed by atoms with E-state index in [0.29, 0.717) is 12.3 Å². The summed E-state index contributed by atoms with van der Waals surface area (Å²) in [4.78, 5) is 0. The van der Waals surface area contributed by atoms with Gasteiger partial charge >= 0.3 is 15.5 Å². The molecule has 0 aliphatic rings. The van der Waals surface area contributed by atoms with E-state index in [4.69, 9.17) is 0 Å². The second-order valence-corrected chi connectivity index (χ2v) is 7.01. The predicted molar refractivity (Wildman–Crippen MR) is 96.7 cm³/mol. The third kappa shape index (κ3) is 4.54. The molecule has 0 heterocycles. The molecule has 9 heteroatoms. The van der Waals surface area contributed by atoms with Crippen LogP contribution in [-0.4, -0.2) is 26.2 Å². The summed E-state index contributed by atoms with van der Waals surface area (Å²) in [6.07, 6.45) is 0. The molecule has 0 fully saturated rings. The maximum absolute atomic E-state index is 12.6. The fourth-order valence-electron chi connectivity index (χ4n) is 2.24. The second-order valence-electron chi connectivity index (χ2n) is 5.33. The lowest BCUT2D eigenvalue weighted by molar-refractivity contribution is -0.0429. The van der Waals surface area contributed by atoms with E-state index in [0.717, 1.165) is 5.69 Å². The zero-order valence-corrected chi connectivity index (χ0v) is 15.0. The van der Waals surface area contributed by atoms with Gasteiger partial charge in [0.2, 0.25) is 0 Å². The quantitative estimate of drug-likeness (QED) is 0.599. The van der Waals surface area contributed by atoms with Crippen LogP contribution in [0.3, 0.4) is 0 Å². The maximum atomic E-state index is 12.6. The number of hydrazone groups is 1. The molecular formula is C17H18F3N3O2S. The number of hydrogen-bond donors (Lipinski definition) is 1. The minimum Gasteiger partial charge on any atom is -0.275 e. The summed E-state index contributed by atoms with van der Waals surface area (Å²) in [5.74, 6) is 0. The van der Waals surface area contributed by atoms with Crippen LogP contribution in [0.4, 0.5) is 24.5 Å². The Kier molecular flexibility index (Phi) is 5.91. The summed E-state index contributed by atoms with van der Waals surface area (Å²) in [5.41, 5.74) is -4.14. The molecule has 0 atom stereocenters. The number of anilines is 2. The number of para-hydroxylation sites is 2. The summed E-state index contributed by atoms with van der Waals surface area (Å²) >= 11 is 0. The number of halogens is 3. The molecular weight excluding hydrogens is 367 g/mol. The van der Waals surface area contributed by atoms with Crippen LogP contribution < -0.4 is 9.73 Å². The predicted octanol–water partition coefficient (Wildman–Crippen LogP) is 4.20. The van der Waals surface area contributed by atoms with Gasteiger partial charge in [0.1, 0.15) is 0 Å². The largest absolute Gasteiger partial charge is 0.516 e. The Balaban J connectivity index is 2.40. The number of rotatable bonds is 6. The van der Waals surface area contributed by atoms with Crippen LogP contribution >= 0.6 is 0 Å². The molecule has 140 valence electrons. The van der Waals surface area contributed by atoms with E-state index in [1.54, 1.807) is 22.7 Å². The van der Waals surface area contributed by atoms with Crippen LogP contribution in [-0.2, 0) is 10.0 Å². The van der Waals surface area contributed by atoms with Crippen molar-refractivity contribution in [2.45, 2.75) is 19.4 Å². The molecule has 0 aliphatic carbocycles. The van der Waals surface area contributed by atoms with E-state index >= 15 is 0 Å². The third-order valence-corrected chi connectivity index (χ3v) is 4.59. The number of hydrogen-bond acceptors (Lipinski definition) is 4. The average molecular weight is 385 g/mol. The van der Waals surface area contributed by atoms with Crippen LogP contribution in [0.5, 0.6) is 0 Å². The lowest BCUT2D eigenvalue weighted by Gasteiger charge is -2.19. The van der Waals surface area contributed by atoms with Crippen molar-refractivity contribution in [3.8, 4) is 0 Å². The molecule has 0 radical (unpaired) electrons. The summed E-state index contributed by atoms with van der Waals surface area (Å²) in [7, 11) is -5.51. The molecule has 0 bridgehead atoms. The monoisotopic (exact) mass is 385 g/mol. The summed E-state index contributed by atoms with van der Waals surface area (Å²) in [6, 6.07) is 15.0. The molecule has 2 rings (SSSR count). The molecule has 0 amide bonds. The highest BCUT2D eigenvalue weighted by Gasteiger charge is 2.46. The van der Waals surface area contributed by atoms with E-state index in [9.17, 15) is 21.6 Å². The van der Waals surface area contributed by atoms with Gasteiger partial charge in [0, 0.05) is 12.1 Å². The average Bonchev–Trinajstić information content (AvgIpc) is 2.59. The van der Waals surface area contributed by atoms with Gasteiger partial charge in [0.25, 0.3) is 0 Å². The highest BCUT2D eigenvalue weighted by atomic mass is 32.2. The first-order valence-electron chi connectivity index (χ1n) is 7.72. The highest BCUT2D eigenvalue weighted by Crippen LogP contribution is 2.27. The molecule has 5 nitrogen and oxygen atoms in total. The molecule has 0 saturated carbocycles. The molecule has 0 aromatic heterocycles. The summed E-state index contributed by atoms with van der Waals surface area (Å²) in [6.45, 7) is 4.01. The van der Waals surface area contributed by atoms with E-state index < -0.39 is 15.5 Å². The lowest BCUT2D eigenvalue weighted by Crippen LogP contribution is -2.30. The Bertz CT molecular complexity index is 882. The van der Waals surface area contributed by atoms with Crippen molar-refractivity contribution in [3.05, 3.63) is 60.2 Å². The molecule has 0 aliphatic heterocycles. The topological polar surface area (TPSA) is 61.8 Å². The van der Waals surface area contributed by atoms with Crippen LogP contribution in [0.15, 0.2) is 59.7 Å². The number of benzene rings is 2. The second kappa shape index (κ2) is 7.77. The van der Waals surface area contributed by atoms with Crippen molar-refractivity contribution in [1.82, 2.24) is 0 Å². The first-order valence-corrected chi connectivity index (χ1v) is 9.20. The van der Waals surface area contributed by atoms with Gasteiger partial charge in [0.05, 0.1) is 17.1 Å². The SMILES string of the molecule is CCN(/N=C(\C)c1ccccc1NS(=O)(=O)C(F)(F)F)c1ccccc1. The van der Waals surface area contributed by atoms with Crippen LogP contribution in [0.1, 0.15) is 19.4 Å². The van der Waals surface area contributed by atoms with Gasteiger partial charge in [0.15, 0.2) is 0 Å². The minimum atomic E-state index is -5.51. The summed E-state index contributed by atoms with van der Waals surface area (Å²) in [5, 5.41) is 6.09. The zero-order chi connectivity index (χ0) is 19.4. The van der Waals surface area contributed by atoms with Crippen LogP contribution in [0.25, 0.3) is 0 Å². The van der Waals surface area contributed by atoms with E-state index in [1.807, 2.05) is 37.3 Å². The van der Waals surface area contributed by atoms with Gasteiger partial charge in [-0.1, -0.05) is 36.4 Å². The van der Waals surface area contributed by atoms with Crippen molar-refractivity contribution in [2.75, 3.05) is 16.3 Å². The maximum Gasteiger partial charge on any atom is 0.516 e. The minimum absolute atomic E-state index is 0.185. The molecule has 2 aromatic rings. The Morgan fingerprint density at radius 1 is 1.08 bits per heavy atom. The zero-order valence-electron chi connectivity index (χ0n) is 14.2. The molecule has 0 unspecified atom stereocenters. The van der Waals surface area contributed by atoms with Gasteiger partial charge in [-0.25, -0.2) is 0 Å². The molecule has 0 saturated heterocycles.